The van der Waals surface area contributed by atoms with Crippen LogP contribution in [0.2, 0.25) is 0 Å². The Morgan fingerprint density at radius 3 is 2.85 bits per heavy atom. The quantitative estimate of drug-likeness (QED) is 0.600. The molecule has 1 rings (SSSR count). The summed E-state index contributed by atoms with van der Waals surface area (Å²) in [6, 6.07) is 0.354. The Balaban J connectivity index is 3.32. The van der Waals surface area contributed by atoms with Crippen molar-refractivity contribution in [3.63, 3.8) is 0 Å². The van der Waals surface area contributed by atoms with Crippen molar-refractivity contribution in [2.75, 3.05) is 7.05 Å². The molecular formula is C10H15N3. The van der Waals surface area contributed by atoms with E-state index >= 15 is 0 Å². The second kappa shape index (κ2) is 4.03. The normalized spacial score (nSPS) is 13.4. The van der Waals surface area contributed by atoms with Crippen molar-refractivity contribution < 1.29 is 0 Å². The molecule has 0 spiro atoms. The highest BCUT2D eigenvalue weighted by atomic mass is 15.3. The molecule has 0 N–H and O–H groups in total. The second-order valence-electron chi connectivity index (χ2n) is 3.17. The van der Waals surface area contributed by atoms with Crippen LogP contribution in [-0.2, 0) is 0 Å². The van der Waals surface area contributed by atoms with Crippen LogP contribution in [0.1, 0.15) is 19.9 Å². The van der Waals surface area contributed by atoms with Gasteiger partial charge in [-0.1, -0.05) is 6.58 Å². The highest BCUT2D eigenvalue weighted by molar-refractivity contribution is 5.90. The predicted octanol–water partition coefficient (Wildman–Crippen LogP) is 0.355. The first-order valence-corrected chi connectivity index (χ1v) is 4.31. The molecule has 0 fully saturated rings. The first-order chi connectivity index (χ1) is 6.16. The van der Waals surface area contributed by atoms with Crippen LogP contribution in [0.3, 0.4) is 0 Å². The van der Waals surface area contributed by atoms with Gasteiger partial charge in [0.1, 0.15) is 0 Å². The van der Waals surface area contributed by atoms with Crippen LogP contribution in [0, 0.1) is 0 Å². The van der Waals surface area contributed by atoms with Crippen LogP contribution in [0.4, 0.5) is 0 Å². The van der Waals surface area contributed by atoms with Gasteiger partial charge < -0.3 is 0 Å². The second-order valence-corrected chi connectivity index (χ2v) is 3.17. The van der Waals surface area contributed by atoms with E-state index < -0.39 is 0 Å². The third kappa shape index (κ3) is 2.05. The maximum atomic E-state index is 4.23. The summed E-state index contributed by atoms with van der Waals surface area (Å²) in [4.78, 5) is 3.90. The van der Waals surface area contributed by atoms with Gasteiger partial charge in [-0.05, 0) is 19.9 Å². The molecule has 0 bridgehead atoms. The van der Waals surface area contributed by atoms with E-state index in [2.05, 4.69) is 30.5 Å². The molecule has 0 aromatic carbocycles. The minimum Gasteiger partial charge on any atom is -0.296 e. The van der Waals surface area contributed by atoms with Gasteiger partial charge in [-0.15, -0.1) is 0 Å². The molecule has 0 saturated carbocycles. The third-order valence-electron chi connectivity index (χ3n) is 1.78. The van der Waals surface area contributed by atoms with E-state index in [0.29, 0.717) is 6.04 Å². The van der Waals surface area contributed by atoms with Crippen molar-refractivity contribution in [3.05, 3.63) is 16.8 Å². The van der Waals surface area contributed by atoms with Crippen molar-refractivity contribution >= 4 is 18.9 Å². The van der Waals surface area contributed by atoms with E-state index in [1.807, 2.05) is 10.8 Å². The molecule has 3 nitrogen and oxygen atoms in total. The van der Waals surface area contributed by atoms with Crippen molar-refractivity contribution in [1.29, 1.82) is 0 Å². The van der Waals surface area contributed by atoms with Crippen molar-refractivity contribution in [2.24, 2.45) is 4.99 Å². The van der Waals surface area contributed by atoms with Gasteiger partial charge in [0.05, 0.1) is 11.5 Å². The Bertz CT molecular complexity index is 398. The number of nitrogens with zero attached hydrogens (tertiary/aromatic N) is 3. The van der Waals surface area contributed by atoms with Crippen molar-refractivity contribution in [2.45, 2.75) is 19.9 Å². The number of rotatable bonds is 2. The van der Waals surface area contributed by atoms with E-state index in [1.54, 1.807) is 19.5 Å². The van der Waals surface area contributed by atoms with Gasteiger partial charge in [0.2, 0.25) is 0 Å². The molecular weight excluding hydrogens is 162 g/mol. The van der Waals surface area contributed by atoms with E-state index in [9.17, 15) is 0 Å². The SMILES string of the molecule is C=c1cnn(C(C)C)/c1=C/C=NC. The van der Waals surface area contributed by atoms with Gasteiger partial charge in [0, 0.05) is 24.5 Å². The molecule has 0 aliphatic carbocycles. The van der Waals surface area contributed by atoms with E-state index in [0.717, 1.165) is 10.6 Å². The lowest BCUT2D eigenvalue weighted by molar-refractivity contribution is 0.519. The van der Waals surface area contributed by atoms with Crippen molar-refractivity contribution in [3.8, 4) is 0 Å². The highest BCUT2D eigenvalue weighted by Gasteiger charge is 1.99. The zero-order chi connectivity index (χ0) is 9.84. The monoisotopic (exact) mass is 177 g/mol. The summed E-state index contributed by atoms with van der Waals surface area (Å²) in [5, 5.41) is 6.20. The van der Waals surface area contributed by atoms with Gasteiger partial charge >= 0.3 is 0 Å². The molecule has 70 valence electrons. The van der Waals surface area contributed by atoms with Crippen LogP contribution < -0.4 is 10.6 Å². The lowest BCUT2D eigenvalue weighted by Crippen LogP contribution is -2.29. The molecule has 0 atom stereocenters. The Morgan fingerprint density at radius 1 is 1.62 bits per heavy atom. The summed E-state index contributed by atoms with van der Waals surface area (Å²) in [6.45, 7) is 8.08. The Hall–Kier alpha value is -1.38. The summed E-state index contributed by atoms with van der Waals surface area (Å²) in [7, 11) is 1.75. The first-order valence-electron chi connectivity index (χ1n) is 4.31. The van der Waals surface area contributed by atoms with Crippen molar-refractivity contribution in [1.82, 2.24) is 9.78 Å². The lowest BCUT2D eigenvalue weighted by Gasteiger charge is -2.04. The lowest BCUT2D eigenvalue weighted by atomic mass is 10.4. The Labute approximate surface area is 78.1 Å². The van der Waals surface area contributed by atoms with Gasteiger partial charge in [-0.25, -0.2) is 0 Å². The topological polar surface area (TPSA) is 30.2 Å². The summed E-state index contributed by atoms with van der Waals surface area (Å²) in [6.07, 6.45) is 5.45. The summed E-state index contributed by atoms with van der Waals surface area (Å²) < 4.78 is 1.93. The molecule has 1 aromatic heterocycles. The molecule has 3 heteroatoms. The van der Waals surface area contributed by atoms with Gasteiger partial charge in [0.15, 0.2) is 0 Å². The molecule has 1 aromatic rings. The van der Waals surface area contributed by atoms with E-state index in [-0.39, 0.29) is 0 Å². The van der Waals surface area contributed by atoms with Crippen LogP contribution in [0.25, 0.3) is 12.7 Å². The number of aliphatic imine (C=N–C) groups is 1. The molecule has 0 radical (unpaired) electrons. The predicted molar refractivity (Wildman–Crippen MR) is 56.3 cm³/mol. The van der Waals surface area contributed by atoms with Crippen LogP contribution in [0.5, 0.6) is 0 Å². The maximum Gasteiger partial charge on any atom is 0.0694 e. The minimum absolute atomic E-state index is 0.354. The minimum atomic E-state index is 0.354. The van der Waals surface area contributed by atoms with Crippen LogP contribution >= 0.6 is 0 Å². The fourth-order valence-corrected chi connectivity index (χ4v) is 1.15. The molecule has 0 aliphatic heterocycles. The average molecular weight is 177 g/mol. The average Bonchev–Trinajstić information content (AvgIpc) is 2.43. The smallest absolute Gasteiger partial charge is 0.0694 e. The molecule has 0 aliphatic rings. The molecule has 1 heterocycles. The third-order valence-corrected chi connectivity index (χ3v) is 1.78. The number of hydrogen-bond acceptors (Lipinski definition) is 2. The summed E-state index contributed by atoms with van der Waals surface area (Å²) in [5.41, 5.74) is 0. The highest BCUT2D eigenvalue weighted by Crippen LogP contribution is 1.93. The summed E-state index contributed by atoms with van der Waals surface area (Å²) in [5.74, 6) is 0. The van der Waals surface area contributed by atoms with Crippen LogP contribution in [0.15, 0.2) is 11.2 Å². The van der Waals surface area contributed by atoms with Gasteiger partial charge in [0.25, 0.3) is 0 Å². The zero-order valence-corrected chi connectivity index (χ0v) is 8.36. The molecule has 0 amide bonds. The largest absolute Gasteiger partial charge is 0.296 e. The first kappa shape index (κ1) is 9.71. The molecule has 0 unspecified atom stereocenters. The fraction of sp³-hybridized carbons (Fsp3) is 0.400. The van der Waals surface area contributed by atoms with E-state index in [4.69, 9.17) is 0 Å². The summed E-state index contributed by atoms with van der Waals surface area (Å²) >= 11 is 0. The maximum absolute atomic E-state index is 4.23. The van der Waals surface area contributed by atoms with E-state index in [1.165, 1.54) is 0 Å². The Kier molecular flexibility index (Phi) is 3.01. The van der Waals surface area contributed by atoms with Crippen LogP contribution in [-0.4, -0.2) is 23.0 Å². The number of hydrogen-bond donors (Lipinski definition) is 0. The van der Waals surface area contributed by atoms with Gasteiger partial charge in [-0.3, -0.25) is 9.67 Å². The van der Waals surface area contributed by atoms with Gasteiger partial charge in [-0.2, -0.15) is 5.10 Å². The fourth-order valence-electron chi connectivity index (χ4n) is 1.15. The zero-order valence-electron chi connectivity index (χ0n) is 8.36. The Morgan fingerprint density at radius 2 is 2.31 bits per heavy atom. The number of aromatic nitrogens is 2. The molecule has 13 heavy (non-hydrogen) atoms. The molecule has 0 saturated heterocycles. The standard InChI is InChI=1S/C10H15N3/c1-8(2)13-10(5-6-11-4)9(3)7-12-13/h5-8H,3H2,1-2,4H3/b10-5+,11-6?.